The van der Waals surface area contributed by atoms with Crippen LogP contribution in [0.15, 0.2) is 53.1 Å². The van der Waals surface area contributed by atoms with E-state index in [-0.39, 0.29) is 24.4 Å². The quantitative estimate of drug-likeness (QED) is 0.404. The van der Waals surface area contributed by atoms with E-state index in [0.29, 0.717) is 29.3 Å². The third-order valence-electron chi connectivity index (χ3n) is 5.22. The summed E-state index contributed by atoms with van der Waals surface area (Å²) in [4.78, 5) is 24.4. The van der Waals surface area contributed by atoms with E-state index in [1.54, 1.807) is 30.3 Å². The molecular weight excluding hydrogens is 408 g/mol. The zero-order valence-electron chi connectivity index (χ0n) is 18.2. The first-order chi connectivity index (χ1) is 15.5. The number of aromatic nitrogens is 1. The molecule has 1 aliphatic rings. The first-order valence-corrected chi connectivity index (χ1v) is 10.8. The topological polar surface area (TPSA) is 90.7 Å². The fourth-order valence-corrected chi connectivity index (χ4v) is 3.56. The Labute approximate surface area is 186 Å². The SMILES string of the molecule is CCCCOC(=O)c1ccc(NC(=O)Cc2cc(-c3ccc4c(c3)CC(C)O4)on2)cc1. The number of benzene rings is 2. The van der Waals surface area contributed by atoms with Crippen LogP contribution in [0, 0.1) is 0 Å². The van der Waals surface area contributed by atoms with Crippen molar-refractivity contribution in [2.75, 3.05) is 11.9 Å². The minimum Gasteiger partial charge on any atom is -0.490 e. The molecule has 2 heterocycles. The molecule has 1 aliphatic heterocycles. The zero-order chi connectivity index (χ0) is 22.5. The number of nitrogens with one attached hydrogen (secondary N) is 1. The van der Waals surface area contributed by atoms with Gasteiger partial charge in [-0.2, -0.15) is 0 Å². The number of esters is 1. The third-order valence-corrected chi connectivity index (χ3v) is 5.22. The number of unbranched alkanes of at least 4 members (excludes halogenated alkanes) is 1. The predicted octanol–water partition coefficient (Wildman–Crippen LogP) is 4.80. The number of hydrogen-bond acceptors (Lipinski definition) is 6. The van der Waals surface area contributed by atoms with Crippen molar-refractivity contribution in [1.82, 2.24) is 5.16 Å². The van der Waals surface area contributed by atoms with Crippen LogP contribution in [-0.2, 0) is 22.4 Å². The number of hydrogen-bond donors (Lipinski definition) is 1. The molecule has 0 radical (unpaired) electrons. The van der Waals surface area contributed by atoms with Gasteiger partial charge in [0.2, 0.25) is 5.91 Å². The van der Waals surface area contributed by atoms with E-state index in [0.717, 1.165) is 36.1 Å². The van der Waals surface area contributed by atoms with Crippen LogP contribution < -0.4 is 10.1 Å². The molecule has 0 bridgehead atoms. The number of amides is 1. The van der Waals surface area contributed by atoms with Gasteiger partial charge in [-0.25, -0.2) is 4.79 Å². The second-order valence-corrected chi connectivity index (χ2v) is 7.93. The number of carbonyl (C=O) groups excluding carboxylic acids is 2. The van der Waals surface area contributed by atoms with Gasteiger partial charge in [0.05, 0.1) is 24.3 Å². The Bertz CT molecular complexity index is 1100. The highest BCUT2D eigenvalue weighted by molar-refractivity contribution is 5.94. The first kappa shape index (κ1) is 21.6. The zero-order valence-corrected chi connectivity index (χ0v) is 18.2. The Morgan fingerprint density at radius 3 is 2.75 bits per heavy atom. The van der Waals surface area contributed by atoms with Gasteiger partial charge in [0, 0.05) is 23.7 Å². The lowest BCUT2D eigenvalue weighted by atomic mass is 10.1. The molecule has 1 aromatic heterocycles. The molecule has 1 amide bonds. The average molecular weight is 434 g/mol. The van der Waals surface area contributed by atoms with Gasteiger partial charge in [0.25, 0.3) is 0 Å². The summed E-state index contributed by atoms with van der Waals surface area (Å²) in [6.07, 6.45) is 2.92. The molecule has 1 unspecified atom stereocenters. The second-order valence-electron chi connectivity index (χ2n) is 7.93. The van der Waals surface area contributed by atoms with Gasteiger partial charge in [-0.15, -0.1) is 0 Å². The molecule has 0 saturated carbocycles. The molecule has 166 valence electrons. The molecule has 1 atom stereocenters. The maximum atomic E-state index is 12.4. The van der Waals surface area contributed by atoms with Crippen LogP contribution in [0.1, 0.15) is 48.3 Å². The molecule has 0 aliphatic carbocycles. The maximum Gasteiger partial charge on any atom is 0.338 e. The Morgan fingerprint density at radius 1 is 1.16 bits per heavy atom. The van der Waals surface area contributed by atoms with Crippen molar-refractivity contribution in [3.63, 3.8) is 0 Å². The number of ether oxygens (including phenoxy) is 2. The summed E-state index contributed by atoms with van der Waals surface area (Å²) in [7, 11) is 0. The van der Waals surface area contributed by atoms with Crippen molar-refractivity contribution >= 4 is 17.6 Å². The number of carbonyl (C=O) groups is 2. The van der Waals surface area contributed by atoms with Crippen molar-refractivity contribution < 1.29 is 23.6 Å². The molecule has 2 aromatic carbocycles. The van der Waals surface area contributed by atoms with Crippen LogP contribution >= 0.6 is 0 Å². The number of nitrogens with zero attached hydrogens (tertiary/aromatic N) is 1. The van der Waals surface area contributed by atoms with Crippen molar-refractivity contribution in [3.8, 4) is 17.1 Å². The lowest BCUT2D eigenvalue weighted by Crippen LogP contribution is -2.14. The Hall–Kier alpha value is -3.61. The van der Waals surface area contributed by atoms with Crippen molar-refractivity contribution in [1.29, 1.82) is 0 Å². The van der Waals surface area contributed by atoms with Crippen LogP contribution in [0.25, 0.3) is 11.3 Å². The number of rotatable bonds is 8. The van der Waals surface area contributed by atoms with Crippen LogP contribution in [0.2, 0.25) is 0 Å². The van der Waals surface area contributed by atoms with E-state index >= 15 is 0 Å². The standard InChI is InChI=1S/C25H26N2O5/c1-3-4-11-30-25(29)17-5-8-20(9-6-17)26-24(28)15-21-14-23(32-27-21)18-7-10-22-19(13-18)12-16(2)31-22/h5-10,13-14,16H,3-4,11-12,15H2,1-2H3,(H,26,28). The highest BCUT2D eigenvalue weighted by atomic mass is 16.5. The van der Waals surface area contributed by atoms with Crippen molar-refractivity contribution in [3.05, 3.63) is 65.4 Å². The fourth-order valence-electron chi connectivity index (χ4n) is 3.56. The summed E-state index contributed by atoms with van der Waals surface area (Å²) >= 11 is 0. The minimum atomic E-state index is -0.362. The van der Waals surface area contributed by atoms with Gasteiger partial charge in [0.1, 0.15) is 11.9 Å². The Kier molecular flexibility index (Phi) is 6.54. The molecule has 3 aromatic rings. The lowest BCUT2D eigenvalue weighted by molar-refractivity contribution is -0.115. The summed E-state index contributed by atoms with van der Waals surface area (Å²) in [6, 6.07) is 14.3. The van der Waals surface area contributed by atoms with Gasteiger partial charge in [0.15, 0.2) is 5.76 Å². The smallest absolute Gasteiger partial charge is 0.338 e. The van der Waals surface area contributed by atoms with Gasteiger partial charge in [-0.3, -0.25) is 4.79 Å². The van der Waals surface area contributed by atoms with E-state index in [2.05, 4.69) is 10.5 Å². The normalized spacial score (nSPS) is 14.5. The van der Waals surface area contributed by atoms with Crippen LogP contribution in [0.4, 0.5) is 5.69 Å². The van der Waals surface area contributed by atoms with Crippen LogP contribution in [-0.4, -0.2) is 29.7 Å². The number of fused-ring (bicyclic) bond motifs is 1. The van der Waals surface area contributed by atoms with Crippen LogP contribution in [0.5, 0.6) is 5.75 Å². The van der Waals surface area contributed by atoms with Gasteiger partial charge in [-0.1, -0.05) is 18.5 Å². The molecule has 0 saturated heterocycles. The monoisotopic (exact) mass is 434 g/mol. The van der Waals surface area contributed by atoms with E-state index in [1.165, 1.54) is 0 Å². The summed E-state index contributed by atoms with van der Waals surface area (Å²) in [6.45, 7) is 4.48. The van der Waals surface area contributed by atoms with Crippen molar-refractivity contribution in [2.24, 2.45) is 0 Å². The first-order valence-electron chi connectivity index (χ1n) is 10.8. The Morgan fingerprint density at radius 2 is 1.97 bits per heavy atom. The second kappa shape index (κ2) is 9.68. The summed E-state index contributed by atoms with van der Waals surface area (Å²) in [5, 5.41) is 6.83. The summed E-state index contributed by atoms with van der Waals surface area (Å²) < 4.78 is 16.4. The molecule has 7 nitrogen and oxygen atoms in total. The van der Waals surface area contributed by atoms with E-state index in [9.17, 15) is 9.59 Å². The van der Waals surface area contributed by atoms with Gasteiger partial charge in [-0.05, 0) is 61.4 Å². The summed E-state index contributed by atoms with van der Waals surface area (Å²) in [5.41, 5.74) is 3.63. The third kappa shape index (κ3) is 5.17. The van der Waals surface area contributed by atoms with Crippen molar-refractivity contribution in [2.45, 2.75) is 45.6 Å². The predicted molar refractivity (Wildman–Crippen MR) is 120 cm³/mol. The minimum absolute atomic E-state index is 0.0788. The van der Waals surface area contributed by atoms with Gasteiger partial charge >= 0.3 is 5.97 Å². The average Bonchev–Trinajstić information content (AvgIpc) is 3.39. The molecule has 4 rings (SSSR count). The fraction of sp³-hybridized carbons (Fsp3) is 0.320. The largest absolute Gasteiger partial charge is 0.490 e. The van der Waals surface area contributed by atoms with E-state index < -0.39 is 0 Å². The molecule has 32 heavy (non-hydrogen) atoms. The molecule has 0 fully saturated rings. The molecule has 0 spiro atoms. The highest BCUT2D eigenvalue weighted by Gasteiger charge is 2.20. The number of anilines is 1. The lowest BCUT2D eigenvalue weighted by Gasteiger charge is -2.06. The van der Waals surface area contributed by atoms with E-state index in [4.69, 9.17) is 14.0 Å². The van der Waals surface area contributed by atoms with E-state index in [1.807, 2.05) is 32.0 Å². The van der Waals surface area contributed by atoms with Gasteiger partial charge < -0.3 is 19.3 Å². The van der Waals surface area contributed by atoms with Crippen LogP contribution in [0.3, 0.4) is 0 Å². The molecule has 7 heteroatoms. The Balaban J connectivity index is 1.33. The highest BCUT2D eigenvalue weighted by Crippen LogP contribution is 2.33. The molecule has 1 N–H and O–H groups in total. The molecular formula is C25H26N2O5. The maximum absolute atomic E-state index is 12.4. The summed E-state index contributed by atoms with van der Waals surface area (Å²) in [5.74, 6) is 0.931.